The molecule has 1 aliphatic heterocycles. The third kappa shape index (κ3) is 4.91. The summed E-state index contributed by atoms with van der Waals surface area (Å²) in [4.78, 5) is 17.7. The summed E-state index contributed by atoms with van der Waals surface area (Å²) in [6.07, 6.45) is -4.16. The lowest BCUT2D eigenvalue weighted by molar-refractivity contribution is -0.150. The number of aromatic nitrogens is 1. The predicted molar refractivity (Wildman–Crippen MR) is 108 cm³/mol. The molecule has 4 rings (SSSR count). The number of benzene rings is 1. The Morgan fingerprint density at radius 1 is 1.39 bits per heavy atom. The molecule has 1 unspecified atom stereocenters. The fraction of sp³-hybridized carbons (Fsp3) is 0.619. The van der Waals surface area contributed by atoms with Gasteiger partial charge in [0.25, 0.3) is 0 Å². The van der Waals surface area contributed by atoms with Gasteiger partial charge in [-0.25, -0.2) is 18.6 Å². The summed E-state index contributed by atoms with van der Waals surface area (Å²) in [5, 5.41) is 1.95. The highest BCUT2D eigenvalue weighted by Crippen LogP contribution is 2.41. The minimum atomic E-state index is -4.57. The van der Waals surface area contributed by atoms with Gasteiger partial charge in [0.05, 0.1) is 25.2 Å². The van der Waals surface area contributed by atoms with Crippen LogP contribution in [0.3, 0.4) is 0 Å². The minimum Gasteiger partial charge on any atom is -0.439 e. The molecule has 12 heteroatoms. The van der Waals surface area contributed by atoms with Crippen LogP contribution in [-0.4, -0.2) is 54.3 Å². The Hall–Kier alpha value is -2.47. The normalized spacial score (nSPS) is 25.3. The van der Waals surface area contributed by atoms with Crippen molar-refractivity contribution in [1.29, 1.82) is 0 Å². The molecule has 1 saturated carbocycles. The number of alkyl halides is 5. The predicted octanol–water partition coefficient (Wildman–Crippen LogP) is 4.30. The van der Waals surface area contributed by atoms with Gasteiger partial charge in [0.1, 0.15) is 11.6 Å². The second kappa shape index (κ2) is 8.71. The van der Waals surface area contributed by atoms with E-state index in [1.54, 1.807) is 18.2 Å². The Labute approximate surface area is 186 Å². The monoisotopic (exact) mass is 476 g/mol. The van der Waals surface area contributed by atoms with Gasteiger partial charge in [0.2, 0.25) is 11.8 Å². The first kappa shape index (κ1) is 23.7. The number of amides is 2. The maximum absolute atomic E-state index is 13.8. The van der Waals surface area contributed by atoms with Gasteiger partial charge in [-0.1, -0.05) is 6.07 Å². The fourth-order valence-corrected chi connectivity index (χ4v) is 4.57. The molecule has 2 aromatic rings. The zero-order chi connectivity index (χ0) is 24.0. The molecule has 4 atom stereocenters. The number of halogens is 5. The third-order valence-corrected chi connectivity index (χ3v) is 6.32. The second-order valence-electron chi connectivity index (χ2n) is 8.68. The van der Waals surface area contributed by atoms with Crippen LogP contribution in [0.5, 0.6) is 0 Å². The highest BCUT2D eigenvalue weighted by molar-refractivity contribution is 5.78. The van der Waals surface area contributed by atoms with Crippen molar-refractivity contribution in [3.05, 3.63) is 29.7 Å². The highest BCUT2D eigenvalue weighted by Gasteiger charge is 2.48. The molecule has 2 amide bonds. The Morgan fingerprint density at radius 3 is 2.79 bits per heavy atom. The summed E-state index contributed by atoms with van der Waals surface area (Å²) in [6.45, 7) is -0.593. The minimum absolute atomic E-state index is 0.0368. The van der Waals surface area contributed by atoms with Gasteiger partial charge in [-0.05, 0) is 36.5 Å². The lowest BCUT2D eigenvalue weighted by Crippen LogP contribution is -2.40. The van der Waals surface area contributed by atoms with Crippen molar-refractivity contribution in [2.24, 2.45) is 11.7 Å². The number of methoxy groups -OCH3 is 1. The largest absolute Gasteiger partial charge is 0.439 e. The van der Waals surface area contributed by atoms with Gasteiger partial charge in [0.15, 0.2) is 5.58 Å². The molecule has 1 saturated heterocycles. The van der Waals surface area contributed by atoms with Crippen molar-refractivity contribution in [2.45, 2.75) is 55.9 Å². The van der Waals surface area contributed by atoms with Gasteiger partial charge in [-0.2, -0.15) is 13.2 Å². The van der Waals surface area contributed by atoms with E-state index in [4.69, 9.17) is 14.9 Å². The van der Waals surface area contributed by atoms with E-state index >= 15 is 0 Å². The maximum atomic E-state index is 13.8. The molecular formula is C21H25F5N4O3. The number of fused-ring (bicyclic) bond motifs is 1. The fourth-order valence-electron chi connectivity index (χ4n) is 4.57. The van der Waals surface area contributed by atoms with E-state index < -0.39 is 48.7 Å². The molecule has 0 bridgehead atoms. The van der Waals surface area contributed by atoms with Crippen molar-refractivity contribution < 1.29 is 35.9 Å². The van der Waals surface area contributed by atoms with Gasteiger partial charge >= 0.3 is 12.2 Å². The summed E-state index contributed by atoms with van der Waals surface area (Å²) in [6, 6.07) is 0.342. The van der Waals surface area contributed by atoms with Crippen LogP contribution >= 0.6 is 0 Å². The zero-order valence-electron chi connectivity index (χ0n) is 17.9. The standard InChI is InChI=1S/C21H25F5N4O3/c1-32-10-14(30-9-16(21(24,25)26)29-19(30)31)11-4-5-15-13(7-11)28-18(33-15)17(27)12-3-2-6-20(22,23)8-12/h4-5,7,12,14,16-17H,2-3,6,8-10,27H2,1H3,(H,29,31)/t12?,14-,16+,17-/m1/s1. The Morgan fingerprint density at radius 2 is 2.15 bits per heavy atom. The van der Waals surface area contributed by atoms with E-state index in [-0.39, 0.29) is 25.3 Å². The first-order valence-corrected chi connectivity index (χ1v) is 10.6. The SMILES string of the molecule is COC[C@H](c1ccc2oc([C@H](N)C3CCCC(F)(F)C3)nc2c1)N1C[C@@H](C(F)(F)F)NC1=O. The molecule has 33 heavy (non-hydrogen) atoms. The Kier molecular flexibility index (Phi) is 6.25. The quantitative estimate of drug-likeness (QED) is 0.607. The summed E-state index contributed by atoms with van der Waals surface area (Å²) < 4.78 is 77.7. The molecule has 0 spiro atoms. The number of nitrogens with one attached hydrogen (secondary N) is 1. The lowest BCUT2D eigenvalue weighted by atomic mass is 9.82. The van der Waals surface area contributed by atoms with E-state index in [0.717, 1.165) is 4.90 Å². The molecule has 2 aliphatic rings. The highest BCUT2D eigenvalue weighted by atomic mass is 19.4. The molecule has 1 aromatic carbocycles. The number of rotatable bonds is 6. The van der Waals surface area contributed by atoms with E-state index in [1.165, 1.54) is 7.11 Å². The number of carbonyl (C=O) groups is 1. The van der Waals surface area contributed by atoms with Crippen molar-refractivity contribution in [3.63, 3.8) is 0 Å². The van der Waals surface area contributed by atoms with Crippen molar-refractivity contribution in [1.82, 2.24) is 15.2 Å². The molecule has 7 nitrogen and oxygen atoms in total. The maximum Gasteiger partial charge on any atom is 0.410 e. The average Bonchev–Trinajstić information content (AvgIpc) is 3.33. The van der Waals surface area contributed by atoms with E-state index in [2.05, 4.69) is 4.98 Å². The van der Waals surface area contributed by atoms with Crippen LogP contribution in [-0.2, 0) is 4.74 Å². The van der Waals surface area contributed by atoms with Crippen LogP contribution in [0.15, 0.2) is 22.6 Å². The summed E-state index contributed by atoms with van der Waals surface area (Å²) in [5.41, 5.74) is 7.43. The van der Waals surface area contributed by atoms with Crippen molar-refractivity contribution >= 4 is 17.1 Å². The number of hydrogen-bond donors (Lipinski definition) is 2. The number of carbonyl (C=O) groups excluding carboxylic acids is 1. The lowest BCUT2D eigenvalue weighted by Gasteiger charge is -2.31. The van der Waals surface area contributed by atoms with Crippen LogP contribution in [0.1, 0.15) is 49.2 Å². The van der Waals surface area contributed by atoms with Gasteiger partial charge in [0, 0.05) is 20.0 Å². The number of nitrogens with zero attached hydrogens (tertiary/aromatic N) is 2. The number of ether oxygens (including phenoxy) is 1. The van der Waals surface area contributed by atoms with Gasteiger partial charge in [-0.15, -0.1) is 0 Å². The first-order valence-electron chi connectivity index (χ1n) is 10.6. The van der Waals surface area contributed by atoms with E-state index in [1.807, 2.05) is 5.32 Å². The molecule has 182 valence electrons. The smallest absolute Gasteiger partial charge is 0.410 e. The summed E-state index contributed by atoms with van der Waals surface area (Å²) >= 11 is 0. The van der Waals surface area contributed by atoms with Crippen LogP contribution in [0.25, 0.3) is 11.1 Å². The molecular weight excluding hydrogens is 451 g/mol. The van der Waals surface area contributed by atoms with Crippen LogP contribution in [0.4, 0.5) is 26.7 Å². The molecule has 1 aliphatic carbocycles. The van der Waals surface area contributed by atoms with Crippen LogP contribution in [0, 0.1) is 5.92 Å². The zero-order valence-corrected chi connectivity index (χ0v) is 17.9. The average molecular weight is 476 g/mol. The summed E-state index contributed by atoms with van der Waals surface area (Å²) in [5.74, 6) is -3.11. The number of nitrogens with two attached hydrogens (primary N) is 1. The first-order chi connectivity index (χ1) is 15.5. The molecule has 1 aromatic heterocycles. The van der Waals surface area contributed by atoms with Crippen LogP contribution in [0.2, 0.25) is 0 Å². The number of urea groups is 1. The number of oxazole rings is 1. The molecule has 0 radical (unpaired) electrons. The Bertz CT molecular complexity index is 1010. The van der Waals surface area contributed by atoms with E-state index in [9.17, 15) is 26.7 Å². The molecule has 2 fully saturated rings. The topological polar surface area (TPSA) is 93.6 Å². The van der Waals surface area contributed by atoms with Crippen molar-refractivity contribution in [2.75, 3.05) is 20.3 Å². The van der Waals surface area contributed by atoms with Crippen molar-refractivity contribution in [3.8, 4) is 0 Å². The van der Waals surface area contributed by atoms with Gasteiger partial charge in [-0.3, -0.25) is 0 Å². The van der Waals surface area contributed by atoms with E-state index in [0.29, 0.717) is 29.5 Å². The molecule has 3 N–H and O–H groups in total. The third-order valence-electron chi connectivity index (χ3n) is 6.32. The molecule has 2 heterocycles. The number of hydrogen-bond acceptors (Lipinski definition) is 5. The Balaban J connectivity index is 1.58. The summed E-state index contributed by atoms with van der Waals surface area (Å²) in [7, 11) is 1.38. The van der Waals surface area contributed by atoms with Crippen LogP contribution < -0.4 is 11.1 Å². The van der Waals surface area contributed by atoms with Gasteiger partial charge < -0.3 is 25.1 Å². The second-order valence-corrected chi connectivity index (χ2v) is 8.68.